The molecule has 3 heterocycles. The standard InChI is InChI=1S/C29H26ClN5OS/c30-22-8-7-21-14-23(37-27(21)15-22)17-34-10-11-35(29(36)26(34)13-19-4-2-1-3-5-19)16-20-6-9-24-25(12-20)32-18-33-28(24)31/h1-9,12,14-15,18,26H,10-11,13,16-17H2,(H2,31,32,33)/t26-/m0/s1. The Bertz CT molecular complexity index is 1590. The molecule has 186 valence electrons. The number of piperazine rings is 1. The molecule has 0 bridgehead atoms. The molecule has 1 amide bonds. The zero-order chi connectivity index (χ0) is 25.4. The van der Waals surface area contributed by atoms with E-state index in [1.54, 1.807) is 11.3 Å². The number of hydrogen-bond donors (Lipinski definition) is 1. The van der Waals surface area contributed by atoms with Crippen molar-refractivity contribution in [2.75, 3.05) is 18.8 Å². The first-order valence-electron chi connectivity index (χ1n) is 12.3. The van der Waals surface area contributed by atoms with Gasteiger partial charge in [0.25, 0.3) is 0 Å². The molecule has 1 aliphatic heterocycles. The Labute approximate surface area is 224 Å². The predicted molar refractivity (Wildman–Crippen MR) is 151 cm³/mol. The van der Waals surface area contributed by atoms with Crippen molar-refractivity contribution in [2.24, 2.45) is 0 Å². The number of nitrogen functional groups attached to an aromatic ring is 1. The fraction of sp³-hybridized carbons (Fsp3) is 0.207. The smallest absolute Gasteiger partial charge is 0.240 e. The van der Waals surface area contributed by atoms with E-state index in [9.17, 15) is 4.79 Å². The zero-order valence-corrected chi connectivity index (χ0v) is 21.8. The number of carbonyl (C=O) groups is 1. The molecule has 3 aromatic carbocycles. The lowest BCUT2D eigenvalue weighted by molar-refractivity contribution is -0.142. The number of rotatable bonds is 6. The number of hydrogen-bond acceptors (Lipinski definition) is 6. The first kappa shape index (κ1) is 23.9. The Morgan fingerprint density at radius 1 is 0.946 bits per heavy atom. The SMILES string of the molecule is Nc1ncnc2cc(CN3CCN(Cc4cc5ccc(Cl)cc5s4)[C@@H](Cc4ccccc4)C3=O)ccc12. The highest BCUT2D eigenvalue weighted by molar-refractivity contribution is 7.19. The Morgan fingerprint density at radius 2 is 1.81 bits per heavy atom. The average molecular weight is 528 g/mol. The van der Waals surface area contributed by atoms with E-state index < -0.39 is 0 Å². The molecule has 6 nitrogen and oxygen atoms in total. The lowest BCUT2D eigenvalue weighted by Gasteiger charge is -2.40. The highest BCUT2D eigenvalue weighted by Gasteiger charge is 2.35. The highest BCUT2D eigenvalue weighted by Crippen LogP contribution is 2.31. The predicted octanol–water partition coefficient (Wildman–Crippen LogP) is 5.54. The minimum absolute atomic E-state index is 0.154. The Hall–Kier alpha value is -3.52. The molecule has 1 fully saturated rings. The third-order valence-corrected chi connectivity index (χ3v) is 8.28. The van der Waals surface area contributed by atoms with Crippen LogP contribution in [0.25, 0.3) is 21.0 Å². The topological polar surface area (TPSA) is 75.3 Å². The van der Waals surface area contributed by atoms with Gasteiger partial charge in [-0.15, -0.1) is 11.3 Å². The molecular weight excluding hydrogens is 502 g/mol. The Kier molecular flexibility index (Phi) is 6.50. The summed E-state index contributed by atoms with van der Waals surface area (Å²) in [4.78, 5) is 27.9. The molecule has 1 saturated heterocycles. The van der Waals surface area contributed by atoms with E-state index in [4.69, 9.17) is 17.3 Å². The van der Waals surface area contributed by atoms with Gasteiger partial charge in [0.2, 0.25) is 5.91 Å². The van der Waals surface area contributed by atoms with Crippen LogP contribution >= 0.6 is 22.9 Å². The van der Waals surface area contributed by atoms with E-state index in [0.717, 1.165) is 40.1 Å². The quantitative estimate of drug-likeness (QED) is 0.314. The zero-order valence-electron chi connectivity index (χ0n) is 20.2. The van der Waals surface area contributed by atoms with Crippen LogP contribution in [0.2, 0.25) is 5.02 Å². The second kappa shape index (κ2) is 10.1. The van der Waals surface area contributed by atoms with Crippen LogP contribution in [0.1, 0.15) is 16.0 Å². The Balaban J connectivity index is 1.25. The minimum Gasteiger partial charge on any atom is -0.383 e. The van der Waals surface area contributed by atoms with Crippen molar-refractivity contribution in [1.29, 1.82) is 0 Å². The monoisotopic (exact) mass is 527 g/mol. The van der Waals surface area contributed by atoms with Gasteiger partial charge in [-0.25, -0.2) is 9.97 Å². The van der Waals surface area contributed by atoms with Crippen LogP contribution in [0, 0.1) is 0 Å². The number of amides is 1. The van der Waals surface area contributed by atoms with Gasteiger partial charge in [-0.1, -0.05) is 54.1 Å². The molecule has 0 unspecified atom stereocenters. The van der Waals surface area contributed by atoms with Gasteiger partial charge in [-0.2, -0.15) is 0 Å². The molecule has 1 aliphatic rings. The minimum atomic E-state index is -0.233. The maximum atomic E-state index is 13.9. The molecule has 37 heavy (non-hydrogen) atoms. The fourth-order valence-electron chi connectivity index (χ4n) is 5.06. The summed E-state index contributed by atoms with van der Waals surface area (Å²) in [6, 6.07) is 24.2. The first-order valence-corrected chi connectivity index (χ1v) is 13.5. The molecule has 0 aliphatic carbocycles. The first-order chi connectivity index (χ1) is 18.0. The van der Waals surface area contributed by atoms with Crippen molar-refractivity contribution in [3.63, 3.8) is 0 Å². The molecule has 0 saturated carbocycles. The molecule has 2 aromatic heterocycles. The van der Waals surface area contributed by atoms with Crippen molar-refractivity contribution >= 4 is 55.7 Å². The number of nitrogens with zero attached hydrogens (tertiary/aromatic N) is 4. The van der Waals surface area contributed by atoms with E-state index >= 15 is 0 Å². The van der Waals surface area contributed by atoms with Crippen LogP contribution in [0.4, 0.5) is 5.82 Å². The average Bonchev–Trinajstić information content (AvgIpc) is 3.30. The normalized spacial score (nSPS) is 16.6. The number of aromatic nitrogens is 2. The number of fused-ring (bicyclic) bond motifs is 2. The molecular formula is C29H26ClN5OS. The molecule has 5 aromatic rings. The van der Waals surface area contributed by atoms with Gasteiger partial charge >= 0.3 is 0 Å². The number of benzene rings is 3. The lowest BCUT2D eigenvalue weighted by atomic mass is 10.0. The van der Waals surface area contributed by atoms with Gasteiger partial charge in [0.05, 0.1) is 11.6 Å². The van der Waals surface area contributed by atoms with E-state index in [-0.39, 0.29) is 11.9 Å². The van der Waals surface area contributed by atoms with E-state index in [0.29, 0.717) is 25.3 Å². The van der Waals surface area contributed by atoms with Gasteiger partial charge in [-0.05, 0) is 53.3 Å². The van der Waals surface area contributed by atoms with E-state index in [1.165, 1.54) is 21.3 Å². The number of carbonyl (C=O) groups excluding carboxylic acids is 1. The van der Waals surface area contributed by atoms with Gasteiger partial charge in [0, 0.05) is 46.2 Å². The maximum absolute atomic E-state index is 13.9. The number of anilines is 1. The summed E-state index contributed by atoms with van der Waals surface area (Å²) < 4.78 is 1.17. The molecule has 0 radical (unpaired) electrons. The highest BCUT2D eigenvalue weighted by atomic mass is 35.5. The number of thiophene rings is 1. The van der Waals surface area contributed by atoms with Gasteiger partial charge in [-0.3, -0.25) is 9.69 Å². The summed E-state index contributed by atoms with van der Waals surface area (Å²) in [6.45, 7) is 2.76. The molecule has 0 spiro atoms. The van der Waals surface area contributed by atoms with Crippen LogP contribution in [0.15, 0.2) is 79.1 Å². The summed E-state index contributed by atoms with van der Waals surface area (Å²) >= 11 is 7.95. The van der Waals surface area contributed by atoms with Gasteiger partial charge < -0.3 is 10.6 Å². The van der Waals surface area contributed by atoms with E-state index in [1.807, 2.05) is 53.4 Å². The number of halogens is 1. The van der Waals surface area contributed by atoms with E-state index in [2.05, 4.69) is 39.1 Å². The van der Waals surface area contributed by atoms with Crippen LogP contribution < -0.4 is 5.73 Å². The number of nitrogens with two attached hydrogens (primary N) is 1. The summed E-state index contributed by atoms with van der Waals surface area (Å²) in [6.07, 6.45) is 2.15. The van der Waals surface area contributed by atoms with Crippen LogP contribution in [-0.2, 0) is 24.3 Å². The summed E-state index contributed by atoms with van der Waals surface area (Å²) in [5, 5.41) is 2.76. The Morgan fingerprint density at radius 3 is 2.68 bits per heavy atom. The largest absolute Gasteiger partial charge is 0.383 e. The maximum Gasteiger partial charge on any atom is 0.240 e. The second-order valence-corrected chi connectivity index (χ2v) is 11.0. The second-order valence-electron chi connectivity index (χ2n) is 9.44. The van der Waals surface area contributed by atoms with Crippen LogP contribution in [0.5, 0.6) is 0 Å². The molecule has 2 N–H and O–H groups in total. The third-order valence-electron chi connectivity index (χ3n) is 6.96. The fourth-order valence-corrected chi connectivity index (χ4v) is 6.43. The summed E-state index contributed by atoms with van der Waals surface area (Å²) in [7, 11) is 0. The molecule has 1 atom stereocenters. The lowest BCUT2D eigenvalue weighted by Crippen LogP contribution is -2.57. The third kappa shape index (κ3) is 5.03. The summed E-state index contributed by atoms with van der Waals surface area (Å²) in [5.74, 6) is 0.620. The van der Waals surface area contributed by atoms with Gasteiger partial charge in [0.1, 0.15) is 12.1 Å². The van der Waals surface area contributed by atoms with Crippen molar-refractivity contribution in [1.82, 2.24) is 19.8 Å². The van der Waals surface area contributed by atoms with Crippen molar-refractivity contribution in [3.05, 3.63) is 100 Å². The molecule has 6 rings (SSSR count). The summed E-state index contributed by atoms with van der Waals surface area (Å²) in [5.41, 5.74) is 8.98. The van der Waals surface area contributed by atoms with Crippen LogP contribution in [0.3, 0.4) is 0 Å². The van der Waals surface area contributed by atoms with Gasteiger partial charge in [0.15, 0.2) is 0 Å². The van der Waals surface area contributed by atoms with Crippen LogP contribution in [-0.4, -0.2) is 44.8 Å². The van der Waals surface area contributed by atoms with Crippen molar-refractivity contribution in [3.8, 4) is 0 Å². The van der Waals surface area contributed by atoms with Crippen molar-refractivity contribution < 1.29 is 4.79 Å². The molecule has 8 heteroatoms. The van der Waals surface area contributed by atoms with Crippen molar-refractivity contribution in [2.45, 2.75) is 25.6 Å².